The number of benzene rings is 1. The Morgan fingerprint density at radius 3 is 2.81 bits per heavy atom. The number of hydrogen-bond acceptors (Lipinski definition) is 4. The number of halogens is 1. The number of aromatic nitrogens is 1. The van der Waals surface area contributed by atoms with Crippen LogP contribution in [0.15, 0.2) is 46.0 Å². The molecule has 0 spiro atoms. The molecule has 0 aliphatic carbocycles. The lowest BCUT2D eigenvalue weighted by atomic mass is 10.1. The number of nitrogens with one attached hydrogen (secondary N) is 1. The highest BCUT2D eigenvalue weighted by atomic mass is 79.9. The molecule has 1 heterocycles. The monoisotopic (exact) mass is 365 g/mol. The Morgan fingerprint density at radius 1 is 1.38 bits per heavy atom. The summed E-state index contributed by atoms with van der Waals surface area (Å²) in [4.78, 5) is 16.5. The summed E-state index contributed by atoms with van der Waals surface area (Å²) in [5.41, 5.74) is 8.13. The maximum atomic E-state index is 12.2. The van der Waals surface area contributed by atoms with E-state index in [1.807, 2.05) is 44.2 Å². The molecule has 1 aromatic heterocycles. The fourth-order valence-corrected chi connectivity index (χ4v) is 2.71. The highest BCUT2D eigenvalue weighted by molar-refractivity contribution is 9.10. The number of pyridine rings is 1. The standard InChI is InChI=1S/C15H16BrN3OS/c1-9-12(17)4-3-5-13(9)19-15(20)10(2)21-14-7-6-11(16)8-18-14/h3-8,10H,17H2,1-2H3,(H,19,20). The van der Waals surface area contributed by atoms with Crippen molar-refractivity contribution in [2.24, 2.45) is 0 Å². The maximum Gasteiger partial charge on any atom is 0.237 e. The summed E-state index contributed by atoms with van der Waals surface area (Å²) in [5, 5.41) is 3.47. The van der Waals surface area contributed by atoms with Crippen LogP contribution in [0.1, 0.15) is 12.5 Å². The molecule has 2 rings (SSSR count). The Bertz CT molecular complexity index is 646. The Kier molecular flexibility index (Phi) is 5.25. The van der Waals surface area contributed by atoms with Crippen LogP contribution in [0.3, 0.4) is 0 Å². The summed E-state index contributed by atoms with van der Waals surface area (Å²) in [6, 6.07) is 9.27. The third kappa shape index (κ3) is 4.22. The molecular weight excluding hydrogens is 350 g/mol. The molecule has 0 aliphatic rings. The van der Waals surface area contributed by atoms with Crippen LogP contribution in [-0.2, 0) is 4.79 Å². The van der Waals surface area contributed by atoms with Crippen LogP contribution in [0.5, 0.6) is 0 Å². The van der Waals surface area contributed by atoms with Crippen molar-refractivity contribution in [1.82, 2.24) is 4.98 Å². The maximum absolute atomic E-state index is 12.2. The quantitative estimate of drug-likeness (QED) is 0.637. The van der Waals surface area contributed by atoms with Crippen LogP contribution in [0, 0.1) is 6.92 Å². The Morgan fingerprint density at radius 2 is 2.14 bits per heavy atom. The first-order valence-electron chi connectivity index (χ1n) is 6.41. The minimum atomic E-state index is -0.250. The number of amides is 1. The molecule has 0 fully saturated rings. The molecule has 4 nitrogen and oxygen atoms in total. The van der Waals surface area contributed by atoms with Crippen LogP contribution in [-0.4, -0.2) is 16.1 Å². The van der Waals surface area contributed by atoms with Gasteiger partial charge in [-0.3, -0.25) is 4.79 Å². The number of nitrogen functional groups attached to an aromatic ring is 1. The largest absolute Gasteiger partial charge is 0.398 e. The number of carbonyl (C=O) groups is 1. The van der Waals surface area contributed by atoms with Crippen molar-refractivity contribution in [2.45, 2.75) is 24.1 Å². The molecule has 2 aromatic rings. The number of thioether (sulfide) groups is 1. The molecular formula is C15H16BrN3OS. The zero-order valence-corrected chi connectivity index (χ0v) is 14.2. The van der Waals surface area contributed by atoms with E-state index in [1.165, 1.54) is 11.8 Å². The molecule has 21 heavy (non-hydrogen) atoms. The van der Waals surface area contributed by atoms with E-state index in [1.54, 1.807) is 6.20 Å². The number of rotatable bonds is 4. The summed E-state index contributed by atoms with van der Waals surface area (Å²) in [6.45, 7) is 3.74. The number of carbonyl (C=O) groups excluding carboxylic acids is 1. The molecule has 6 heteroatoms. The summed E-state index contributed by atoms with van der Waals surface area (Å²) in [7, 11) is 0. The van der Waals surface area contributed by atoms with Crippen molar-refractivity contribution in [2.75, 3.05) is 11.1 Å². The second-order valence-corrected chi connectivity index (χ2v) is 6.86. The van der Waals surface area contributed by atoms with Gasteiger partial charge in [0.05, 0.1) is 10.3 Å². The van der Waals surface area contributed by atoms with Gasteiger partial charge in [-0.05, 0) is 59.6 Å². The summed E-state index contributed by atoms with van der Waals surface area (Å²) < 4.78 is 0.916. The lowest BCUT2D eigenvalue weighted by Crippen LogP contribution is -2.23. The van der Waals surface area contributed by atoms with Crippen molar-refractivity contribution in [3.8, 4) is 0 Å². The lowest BCUT2D eigenvalue weighted by molar-refractivity contribution is -0.115. The van der Waals surface area contributed by atoms with E-state index in [0.29, 0.717) is 5.69 Å². The van der Waals surface area contributed by atoms with Crippen molar-refractivity contribution in [3.63, 3.8) is 0 Å². The number of nitrogens with two attached hydrogens (primary N) is 1. The molecule has 3 N–H and O–H groups in total. The normalized spacial score (nSPS) is 12.0. The van der Waals surface area contributed by atoms with E-state index in [2.05, 4.69) is 26.2 Å². The second-order valence-electron chi connectivity index (χ2n) is 4.58. The SMILES string of the molecule is Cc1c(N)cccc1NC(=O)C(C)Sc1ccc(Br)cn1. The smallest absolute Gasteiger partial charge is 0.237 e. The first-order chi connectivity index (χ1) is 9.97. The number of anilines is 2. The van der Waals surface area contributed by atoms with E-state index in [0.717, 1.165) is 20.7 Å². The Balaban J connectivity index is 2.02. The Labute approximate surface area is 136 Å². The predicted octanol–water partition coefficient (Wildman–Crippen LogP) is 3.85. The van der Waals surface area contributed by atoms with Crippen molar-refractivity contribution >= 4 is 45.0 Å². The van der Waals surface area contributed by atoms with Gasteiger partial charge in [0.2, 0.25) is 5.91 Å². The van der Waals surface area contributed by atoms with Crippen LogP contribution in [0.2, 0.25) is 0 Å². The van der Waals surface area contributed by atoms with Gasteiger partial charge in [-0.25, -0.2) is 4.98 Å². The Hall–Kier alpha value is -1.53. The van der Waals surface area contributed by atoms with Crippen LogP contribution in [0.4, 0.5) is 11.4 Å². The molecule has 1 aromatic carbocycles. The van der Waals surface area contributed by atoms with Crippen molar-refractivity contribution in [1.29, 1.82) is 0 Å². The average Bonchev–Trinajstić information content (AvgIpc) is 2.46. The first kappa shape index (κ1) is 15.9. The minimum absolute atomic E-state index is 0.0709. The zero-order valence-electron chi connectivity index (χ0n) is 11.8. The molecule has 0 radical (unpaired) electrons. The summed E-state index contributed by atoms with van der Waals surface area (Å²) in [5.74, 6) is -0.0709. The number of nitrogens with zero attached hydrogens (tertiary/aromatic N) is 1. The first-order valence-corrected chi connectivity index (χ1v) is 8.09. The van der Waals surface area contributed by atoms with Gasteiger partial charge in [0.25, 0.3) is 0 Å². The summed E-state index contributed by atoms with van der Waals surface area (Å²) in [6.07, 6.45) is 1.72. The molecule has 1 amide bonds. The molecule has 0 aliphatic heterocycles. The molecule has 110 valence electrons. The van der Waals surface area contributed by atoms with Gasteiger partial charge in [0.15, 0.2) is 0 Å². The molecule has 0 saturated carbocycles. The second kappa shape index (κ2) is 6.95. The van der Waals surface area contributed by atoms with E-state index < -0.39 is 0 Å². The highest BCUT2D eigenvalue weighted by Gasteiger charge is 2.16. The average molecular weight is 366 g/mol. The van der Waals surface area contributed by atoms with Gasteiger partial charge in [0.1, 0.15) is 0 Å². The lowest BCUT2D eigenvalue weighted by Gasteiger charge is -2.14. The fourth-order valence-electron chi connectivity index (χ4n) is 1.69. The van der Waals surface area contributed by atoms with Crippen LogP contribution >= 0.6 is 27.7 Å². The van der Waals surface area contributed by atoms with E-state index in [-0.39, 0.29) is 11.2 Å². The van der Waals surface area contributed by atoms with Crippen molar-refractivity contribution < 1.29 is 4.79 Å². The van der Waals surface area contributed by atoms with Crippen LogP contribution < -0.4 is 11.1 Å². The van der Waals surface area contributed by atoms with Gasteiger partial charge in [-0.15, -0.1) is 0 Å². The third-order valence-corrected chi connectivity index (χ3v) is 4.52. The molecule has 0 saturated heterocycles. The van der Waals surface area contributed by atoms with Gasteiger partial charge < -0.3 is 11.1 Å². The van der Waals surface area contributed by atoms with Crippen LogP contribution in [0.25, 0.3) is 0 Å². The van der Waals surface area contributed by atoms with E-state index in [9.17, 15) is 4.79 Å². The molecule has 1 unspecified atom stereocenters. The van der Waals surface area contributed by atoms with Gasteiger partial charge in [0, 0.05) is 22.0 Å². The van der Waals surface area contributed by atoms with Gasteiger partial charge in [-0.1, -0.05) is 17.8 Å². The van der Waals surface area contributed by atoms with Gasteiger partial charge in [-0.2, -0.15) is 0 Å². The van der Waals surface area contributed by atoms with Crippen molar-refractivity contribution in [3.05, 3.63) is 46.6 Å². The molecule has 0 bridgehead atoms. The highest BCUT2D eigenvalue weighted by Crippen LogP contribution is 2.25. The van der Waals surface area contributed by atoms with Gasteiger partial charge >= 0.3 is 0 Å². The third-order valence-electron chi connectivity index (χ3n) is 3.00. The molecule has 1 atom stereocenters. The summed E-state index contributed by atoms with van der Waals surface area (Å²) >= 11 is 4.75. The number of hydrogen-bond donors (Lipinski definition) is 2. The zero-order chi connectivity index (χ0) is 15.4. The fraction of sp³-hybridized carbons (Fsp3) is 0.200. The topological polar surface area (TPSA) is 68.0 Å². The van der Waals surface area contributed by atoms with E-state index >= 15 is 0 Å². The minimum Gasteiger partial charge on any atom is -0.398 e. The van der Waals surface area contributed by atoms with E-state index in [4.69, 9.17) is 5.73 Å². The predicted molar refractivity (Wildman–Crippen MR) is 91.5 cm³/mol.